The van der Waals surface area contributed by atoms with Crippen LogP contribution in [0.15, 0.2) is 42.5 Å². The van der Waals surface area contributed by atoms with Gasteiger partial charge in [-0.25, -0.2) is 4.98 Å². The van der Waals surface area contributed by atoms with Gasteiger partial charge in [-0.1, -0.05) is 51.1 Å². The SMILES string of the molecule is Cc1ccccc1-c1nc2cccc(C)n2c1NC(C)(C)CC(C)(C)C. The Morgan fingerprint density at radius 2 is 1.62 bits per heavy atom. The topological polar surface area (TPSA) is 29.3 Å². The largest absolute Gasteiger partial charge is 0.364 e. The maximum Gasteiger partial charge on any atom is 0.139 e. The van der Waals surface area contributed by atoms with Crippen LogP contribution in [-0.4, -0.2) is 14.9 Å². The summed E-state index contributed by atoms with van der Waals surface area (Å²) in [5.41, 5.74) is 5.82. The Morgan fingerprint density at radius 3 is 2.27 bits per heavy atom. The second-order valence-electron chi connectivity index (χ2n) is 9.23. The lowest BCUT2D eigenvalue weighted by Gasteiger charge is -2.34. The molecule has 1 aromatic carbocycles. The molecule has 0 saturated heterocycles. The lowest BCUT2D eigenvalue weighted by atomic mass is 9.82. The number of hydrogen-bond donors (Lipinski definition) is 1. The number of imidazole rings is 1. The Bertz CT molecular complexity index is 926. The van der Waals surface area contributed by atoms with Crippen molar-refractivity contribution in [2.24, 2.45) is 5.41 Å². The minimum Gasteiger partial charge on any atom is -0.364 e. The first-order chi connectivity index (χ1) is 12.1. The van der Waals surface area contributed by atoms with Crippen LogP contribution >= 0.6 is 0 Å². The van der Waals surface area contributed by atoms with Gasteiger partial charge in [0.15, 0.2) is 0 Å². The average molecular weight is 350 g/mol. The lowest BCUT2D eigenvalue weighted by Crippen LogP contribution is -2.36. The summed E-state index contributed by atoms with van der Waals surface area (Å²) in [6.07, 6.45) is 1.06. The van der Waals surface area contributed by atoms with E-state index in [1.54, 1.807) is 0 Å². The molecule has 1 N–H and O–H groups in total. The molecule has 3 rings (SSSR count). The van der Waals surface area contributed by atoms with Gasteiger partial charge in [0.1, 0.15) is 17.2 Å². The summed E-state index contributed by atoms with van der Waals surface area (Å²) in [7, 11) is 0. The highest BCUT2D eigenvalue weighted by Crippen LogP contribution is 2.36. The van der Waals surface area contributed by atoms with Crippen LogP contribution in [0.2, 0.25) is 0 Å². The molecular formula is C23H31N3. The van der Waals surface area contributed by atoms with Gasteiger partial charge in [0.25, 0.3) is 0 Å². The molecule has 138 valence electrons. The highest BCUT2D eigenvalue weighted by atomic mass is 15.2. The monoisotopic (exact) mass is 349 g/mol. The molecule has 0 fully saturated rings. The predicted octanol–water partition coefficient (Wildman–Crippen LogP) is 6.24. The molecule has 2 aromatic heterocycles. The Kier molecular flexibility index (Phi) is 4.60. The van der Waals surface area contributed by atoms with Gasteiger partial charge in [-0.3, -0.25) is 4.40 Å². The quantitative estimate of drug-likeness (QED) is 0.603. The number of rotatable bonds is 4. The van der Waals surface area contributed by atoms with Crippen molar-refractivity contribution in [3.63, 3.8) is 0 Å². The van der Waals surface area contributed by atoms with Crippen LogP contribution in [0.3, 0.4) is 0 Å². The van der Waals surface area contributed by atoms with Gasteiger partial charge >= 0.3 is 0 Å². The highest BCUT2D eigenvalue weighted by molar-refractivity contribution is 5.79. The predicted molar refractivity (Wildman–Crippen MR) is 112 cm³/mol. The Morgan fingerprint density at radius 1 is 0.923 bits per heavy atom. The van der Waals surface area contributed by atoms with Crippen LogP contribution in [0, 0.1) is 19.3 Å². The van der Waals surface area contributed by atoms with E-state index in [9.17, 15) is 0 Å². The summed E-state index contributed by atoms with van der Waals surface area (Å²) in [5, 5.41) is 3.83. The molecule has 2 heterocycles. The molecule has 0 unspecified atom stereocenters. The van der Waals surface area contributed by atoms with Gasteiger partial charge in [0.05, 0.1) is 0 Å². The van der Waals surface area contributed by atoms with Gasteiger partial charge in [-0.05, 0) is 57.2 Å². The molecule has 0 aliphatic heterocycles. The van der Waals surface area contributed by atoms with Crippen LogP contribution in [0.4, 0.5) is 5.82 Å². The summed E-state index contributed by atoms with van der Waals surface area (Å²) >= 11 is 0. The third-order valence-corrected chi connectivity index (χ3v) is 4.67. The molecule has 0 aliphatic carbocycles. The fourth-order valence-corrected chi connectivity index (χ4v) is 4.09. The fourth-order valence-electron chi connectivity index (χ4n) is 4.09. The molecule has 0 aliphatic rings. The molecule has 3 aromatic rings. The van der Waals surface area contributed by atoms with Crippen LogP contribution in [-0.2, 0) is 0 Å². The average Bonchev–Trinajstić information content (AvgIpc) is 2.84. The molecular weight excluding hydrogens is 318 g/mol. The van der Waals surface area contributed by atoms with E-state index in [2.05, 4.69) is 101 Å². The summed E-state index contributed by atoms with van der Waals surface area (Å²) in [6.45, 7) is 15.7. The van der Waals surface area contributed by atoms with Gasteiger partial charge in [-0.15, -0.1) is 0 Å². The molecule has 0 bridgehead atoms. The Labute approximate surface area is 157 Å². The molecule has 26 heavy (non-hydrogen) atoms. The van der Waals surface area contributed by atoms with E-state index < -0.39 is 0 Å². The fraction of sp³-hybridized carbons (Fsp3) is 0.435. The van der Waals surface area contributed by atoms with Gasteiger partial charge in [-0.2, -0.15) is 0 Å². The number of nitrogens with one attached hydrogen (secondary N) is 1. The van der Waals surface area contributed by atoms with E-state index in [4.69, 9.17) is 4.98 Å². The van der Waals surface area contributed by atoms with Crippen molar-refractivity contribution < 1.29 is 0 Å². The summed E-state index contributed by atoms with van der Waals surface area (Å²) < 4.78 is 2.24. The summed E-state index contributed by atoms with van der Waals surface area (Å²) in [6, 6.07) is 14.8. The maximum absolute atomic E-state index is 4.99. The van der Waals surface area contributed by atoms with Crippen molar-refractivity contribution in [3.05, 3.63) is 53.7 Å². The molecule has 0 amide bonds. The van der Waals surface area contributed by atoms with E-state index in [1.165, 1.54) is 16.8 Å². The van der Waals surface area contributed by atoms with Crippen LogP contribution < -0.4 is 5.32 Å². The Balaban J connectivity index is 2.19. The van der Waals surface area contributed by atoms with Gasteiger partial charge < -0.3 is 5.32 Å². The first-order valence-electron chi connectivity index (χ1n) is 9.40. The zero-order valence-electron chi connectivity index (χ0n) is 17.1. The van der Waals surface area contributed by atoms with Crippen molar-refractivity contribution in [1.29, 1.82) is 0 Å². The minimum atomic E-state index is -0.0477. The van der Waals surface area contributed by atoms with E-state index in [0.29, 0.717) is 0 Å². The first kappa shape index (κ1) is 18.5. The van der Waals surface area contributed by atoms with E-state index in [-0.39, 0.29) is 11.0 Å². The van der Waals surface area contributed by atoms with Crippen molar-refractivity contribution in [1.82, 2.24) is 9.38 Å². The number of anilines is 1. The maximum atomic E-state index is 4.99. The number of nitrogens with zero attached hydrogens (tertiary/aromatic N) is 2. The van der Waals surface area contributed by atoms with E-state index in [0.717, 1.165) is 23.6 Å². The lowest BCUT2D eigenvalue weighted by molar-refractivity contribution is 0.302. The number of aromatic nitrogens is 2. The molecule has 0 atom stereocenters. The first-order valence-corrected chi connectivity index (χ1v) is 9.40. The van der Waals surface area contributed by atoms with Crippen LogP contribution in [0.25, 0.3) is 16.9 Å². The van der Waals surface area contributed by atoms with Gasteiger partial charge in [0.2, 0.25) is 0 Å². The zero-order chi connectivity index (χ0) is 19.1. The molecule has 3 nitrogen and oxygen atoms in total. The van der Waals surface area contributed by atoms with Crippen molar-refractivity contribution in [3.8, 4) is 11.3 Å². The number of hydrogen-bond acceptors (Lipinski definition) is 2. The number of aryl methyl sites for hydroxylation is 2. The number of pyridine rings is 1. The van der Waals surface area contributed by atoms with Crippen molar-refractivity contribution in [2.45, 2.75) is 60.4 Å². The second-order valence-corrected chi connectivity index (χ2v) is 9.23. The van der Waals surface area contributed by atoms with E-state index >= 15 is 0 Å². The molecule has 0 radical (unpaired) electrons. The molecule has 0 spiro atoms. The summed E-state index contributed by atoms with van der Waals surface area (Å²) in [4.78, 5) is 4.99. The van der Waals surface area contributed by atoms with Gasteiger partial charge in [0, 0.05) is 16.8 Å². The highest BCUT2D eigenvalue weighted by Gasteiger charge is 2.28. The standard InChI is InChI=1S/C23H31N3/c1-16-11-8-9-13-18(16)20-21(25-23(6,7)15-22(3,4)5)26-17(2)12-10-14-19(26)24-20/h8-14,25H,15H2,1-7H3. The Hall–Kier alpha value is -2.29. The normalized spacial score (nSPS) is 12.6. The van der Waals surface area contributed by atoms with Crippen LogP contribution in [0.1, 0.15) is 52.3 Å². The molecule has 0 saturated carbocycles. The van der Waals surface area contributed by atoms with Crippen LogP contribution in [0.5, 0.6) is 0 Å². The number of fused-ring (bicyclic) bond motifs is 1. The minimum absolute atomic E-state index is 0.0477. The molecule has 3 heteroatoms. The zero-order valence-corrected chi connectivity index (χ0v) is 17.1. The third kappa shape index (κ3) is 3.77. The van der Waals surface area contributed by atoms with E-state index in [1.807, 2.05) is 0 Å². The summed E-state index contributed by atoms with van der Waals surface area (Å²) in [5.74, 6) is 1.08. The smallest absolute Gasteiger partial charge is 0.139 e. The third-order valence-electron chi connectivity index (χ3n) is 4.67. The number of benzene rings is 1. The van der Waals surface area contributed by atoms with Crippen molar-refractivity contribution in [2.75, 3.05) is 5.32 Å². The van der Waals surface area contributed by atoms with Crippen molar-refractivity contribution >= 4 is 11.5 Å². The second kappa shape index (κ2) is 6.46.